The first-order valence-corrected chi connectivity index (χ1v) is 6.07. The van der Waals surface area contributed by atoms with Crippen molar-refractivity contribution in [3.63, 3.8) is 0 Å². The van der Waals surface area contributed by atoms with Crippen molar-refractivity contribution in [2.75, 3.05) is 27.1 Å². The Bertz CT molecular complexity index is 92.5. The van der Waals surface area contributed by atoms with Crippen molar-refractivity contribution in [2.45, 2.75) is 12.5 Å². The maximum Gasteiger partial charge on any atom is 0.500 e. The molecule has 72 valence electrons. The Morgan fingerprint density at radius 1 is 1.08 bits per heavy atom. The van der Waals surface area contributed by atoms with Gasteiger partial charge in [-0.2, -0.15) is 12.6 Å². The van der Waals surface area contributed by atoms with Crippen molar-refractivity contribution in [3.05, 3.63) is 0 Å². The average Bonchev–Trinajstić information content (AvgIpc) is 2.08. The molecule has 0 unspecified atom stereocenters. The highest BCUT2D eigenvalue weighted by molar-refractivity contribution is 7.80. The van der Waals surface area contributed by atoms with Gasteiger partial charge in [0.15, 0.2) is 0 Å². The van der Waals surface area contributed by atoms with Crippen LogP contribution in [-0.4, -0.2) is 46.9 Å². The van der Waals surface area contributed by atoms with Gasteiger partial charge in [-0.15, -0.1) is 0 Å². The molecule has 4 radical (unpaired) electrons. The Morgan fingerprint density at radius 3 is 1.75 bits per heavy atom. The molecule has 0 aromatic heterocycles. The molecule has 0 aliphatic heterocycles. The Balaban J connectivity index is 0. The van der Waals surface area contributed by atoms with Crippen molar-refractivity contribution in [3.8, 4) is 0 Å². The summed E-state index contributed by atoms with van der Waals surface area (Å²) in [7, 11) is 2.58. The van der Waals surface area contributed by atoms with Gasteiger partial charge in [-0.25, -0.2) is 0 Å². The minimum Gasteiger partial charge on any atom is -0.377 e. The van der Waals surface area contributed by atoms with E-state index < -0.39 is 8.80 Å². The summed E-state index contributed by atoms with van der Waals surface area (Å²) >= 11 is 4.10. The molecule has 0 spiro atoms. The van der Waals surface area contributed by atoms with Gasteiger partial charge in [0.1, 0.15) is 0 Å². The standard InChI is InChI=1S/C6H16O3SSi.Si/c1-7-11(8-2,9-3)6-4-5-10;/h10H,4-6H2,1-3H3;. The lowest BCUT2D eigenvalue weighted by molar-refractivity contribution is 0.123. The fourth-order valence-corrected chi connectivity index (χ4v) is 3.03. The molecule has 0 rings (SSSR count). The molecule has 0 aromatic rings. The molecule has 0 heterocycles. The van der Waals surface area contributed by atoms with E-state index >= 15 is 0 Å². The fraction of sp³-hybridized carbons (Fsp3) is 1.00. The number of hydrogen-bond donors (Lipinski definition) is 1. The second kappa shape index (κ2) is 8.27. The lowest BCUT2D eigenvalue weighted by Gasteiger charge is -2.23. The van der Waals surface area contributed by atoms with Gasteiger partial charge in [-0.3, -0.25) is 0 Å². The quantitative estimate of drug-likeness (QED) is 0.534. The third-order valence-corrected chi connectivity index (χ3v) is 4.72. The largest absolute Gasteiger partial charge is 0.500 e. The first-order chi connectivity index (χ1) is 5.24. The smallest absolute Gasteiger partial charge is 0.377 e. The fourth-order valence-electron chi connectivity index (χ4n) is 0.852. The number of thiol groups is 1. The van der Waals surface area contributed by atoms with E-state index in [9.17, 15) is 0 Å². The molecule has 0 aliphatic rings. The summed E-state index contributed by atoms with van der Waals surface area (Å²) < 4.78 is 15.6. The summed E-state index contributed by atoms with van der Waals surface area (Å²) in [5.41, 5.74) is 0. The number of hydrogen-bond acceptors (Lipinski definition) is 4. The Morgan fingerprint density at radius 2 is 1.50 bits per heavy atom. The molecular formula is C6H16O3SSi2. The molecular weight excluding hydrogens is 208 g/mol. The summed E-state index contributed by atoms with van der Waals surface area (Å²) in [6.07, 6.45) is 0.963. The summed E-state index contributed by atoms with van der Waals surface area (Å²) in [6.45, 7) is 0. The van der Waals surface area contributed by atoms with Crippen LogP contribution in [0, 0.1) is 0 Å². The van der Waals surface area contributed by atoms with E-state index in [-0.39, 0.29) is 11.0 Å². The van der Waals surface area contributed by atoms with Gasteiger partial charge < -0.3 is 13.3 Å². The molecule has 12 heavy (non-hydrogen) atoms. The van der Waals surface area contributed by atoms with Crippen molar-refractivity contribution in [1.82, 2.24) is 0 Å². The highest BCUT2D eigenvalue weighted by Gasteiger charge is 2.36. The molecule has 0 N–H and O–H groups in total. The molecule has 0 saturated heterocycles. The van der Waals surface area contributed by atoms with E-state index in [1.54, 1.807) is 21.3 Å². The van der Waals surface area contributed by atoms with Crippen LogP contribution in [0.3, 0.4) is 0 Å². The molecule has 0 fully saturated rings. The lowest BCUT2D eigenvalue weighted by atomic mass is 10.6. The zero-order chi connectivity index (χ0) is 8.74. The Kier molecular flexibility index (Phi) is 10.4. The molecule has 0 amide bonds. The molecule has 3 nitrogen and oxygen atoms in total. The molecule has 0 aliphatic carbocycles. The minimum absolute atomic E-state index is 0. The van der Waals surface area contributed by atoms with Crippen molar-refractivity contribution in [2.24, 2.45) is 0 Å². The van der Waals surface area contributed by atoms with Crippen molar-refractivity contribution >= 4 is 32.4 Å². The van der Waals surface area contributed by atoms with Crippen LogP contribution >= 0.6 is 12.6 Å². The van der Waals surface area contributed by atoms with Crippen LogP contribution in [0.2, 0.25) is 6.04 Å². The second-order valence-corrected chi connectivity index (χ2v) is 5.66. The summed E-state index contributed by atoms with van der Waals surface area (Å²) in [4.78, 5) is 0. The van der Waals surface area contributed by atoms with Crippen LogP contribution in [0.5, 0.6) is 0 Å². The first-order valence-electron chi connectivity index (χ1n) is 3.51. The normalized spacial score (nSPS) is 11.0. The van der Waals surface area contributed by atoms with E-state index in [2.05, 4.69) is 12.6 Å². The predicted molar refractivity (Wildman–Crippen MR) is 55.8 cm³/mol. The summed E-state index contributed by atoms with van der Waals surface area (Å²) in [6, 6.07) is 0.833. The Hall–Kier alpha value is 0.664. The van der Waals surface area contributed by atoms with Crippen LogP contribution in [0.4, 0.5) is 0 Å². The van der Waals surface area contributed by atoms with Crippen LogP contribution < -0.4 is 0 Å². The van der Waals surface area contributed by atoms with E-state index in [1.165, 1.54) is 0 Å². The molecule has 0 bridgehead atoms. The van der Waals surface area contributed by atoms with Crippen LogP contribution in [0.1, 0.15) is 6.42 Å². The lowest BCUT2D eigenvalue weighted by Crippen LogP contribution is -2.42. The zero-order valence-corrected chi connectivity index (χ0v) is 10.7. The van der Waals surface area contributed by atoms with Crippen molar-refractivity contribution < 1.29 is 13.3 Å². The van der Waals surface area contributed by atoms with E-state index in [0.29, 0.717) is 0 Å². The third kappa shape index (κ3) is 4.63. The van der Waals surface area contributed by atoms with Crippen LogP contribution in [-0.2, 0) is 13.3 Å². The van der Waals surface area contributed by atoms with Crippen molar-refractivity contribution in [1.29, 1.82) is 0 Å². The summed E-state index contributed by atoms with van der Waals surface area (Å²) in [5, 5.41) is 0. The predicted octanol–water partition coefficient (Wildman–Crippen LogP) is 0.804. The van der Waals surface area contributed by atoms with Gasteiger partial charge >= 0.3 is 8.80 Å². The van der Waals surface area contributed by atoms with Gasteiger partial charge in [0.05, 0.1) is 0 Å². The molecule has 0 aromatic carbocycles. The summed E-state index contributed by atoms with van der Waals surface area (Å²) in [5.74, 6) is 0.838. The molecule has 0 saturated carbocycles. The SMILES string of the molecule is CO[Si](CCCS)(OC)OC.[Si]. The maximum absolute atomic E-state index is 5.20. The monoisotopic (exact) mass is 224 g/mol. The van der Waals surface area contributed by atoms with Gasteiger partial charge in [-0.1, -0.05) is 0 Å². The van der Waals surface area contributed by atoms with E-state index in [0.717, 1.165) is 18.2 Å². The second-order valence-electron chi connectivity index (χ2n) is 2.12. The maximum atomic E-state index is 5.20. The molecule has 0 atom stereocenters. The highest BCUT2D eigenvalue weighted by atomic mass is 32.1. The zero-order valence-electron chi connectivity index (χ0n) is 7.79. The number of rotatable bonds is 6. The topological polar surface area (TPSA) is 27.7 Å². The third-order valence-electron chi connectivity index (χ3n) is 1.57. The highest BCUT2D eigenvalue weighted by Crippen LogP contribution is 2.14. The van der Waals surface area contributed by atoms with E-state index in [1.807, 2.05) is 0 Å². The molecule has 6 heteroatoms. The average molecular weight is 224 g/mol. The van der Waals surface area contributed by atoms with Crippen LogP contribution in [0.15, 0.2) is 0 Å². The Labute approximate surface area is 85.6 Å². The van der Waals surface area contributed by atoms with Gasteiger partial charge in [0.2, 0.25) is 0 Å². The van der Waals surface area contributed by atoms with Gasteiger partial charge in [0.25, 0.3) is 0 Å². The van der Waals surface area contributed by atoms with Gasteiger partial charge in [-0.05, 0) is 12.2 Å². The first kappa shape index (κ1) is 15.2. The van der Waals surface area contributed by atoms with Gasteiger partial charge in [0, 0.05) is 38.3 Å². The van der Waals surface area contributed by atoms with Crippen LogP contribution in [0.25, 0.3) is 0 Å². The minimum atomic E-state index is -2.29. The van der Waals surface area contributed by atoms with E-state index in [4.69, 9.17) is 13.3 Å².